The topological polar surface area (TPSA) is 38.0 Å². The van der Waals surface area contributed by atoms with E-state index in [0.717, 1.165) is 6.42 Å². The lowest BCUT2D eigenvalue weighted by Gasteiger charge is -2.19. The standard InChI is InChI=1S/C10H18N2/c1-8-3-5-9(6-4-8)10(7-11)12-2/h3,5-6,8,10,12H,4,7,11H2,1-2H3. The van der Waals surface area contributed by atoms with E-state index in [-0.39, 0.29) is 0 Å². The van der Waals surface area contributed by atoms with E-state index in [0.29, 0.717) is 18.5 Å². The molecule has 0 amide bonds. The van der Waals surface area contributed by atoms with E-state index in [9.17, 15) is 0 Å². The third kappa shape index (κ3) is 2.19. The van der Waals surface area contributed by atoms with Gasteiger partial charge < -0.3 is 11.1 Å². The zero-order valence-electron chi connectivity index (χ0n) is 7.88. The van der Waals surface area contributed by atoms with Gasteiger partial charge in [0.1, 0.15) is 0 Å². The van der Waals surface area contributed by atoms with Crippen molar-refractivity contribution < 1.29 is 0 Å². The Morgan fingerprint density at radius 3 is 2.92 bits per heavy atom. The number of hydrogen-bond acceptors (Lipinski definition) is 2. The third-order valence-corrected chi connectivity index (χ3v) is 2.33. The molecule has 0 aromatic heterocycles. The number of allylic oxidation sites excluding steroid dienone is 2. The van der Waals surface area contributed by atoms with Gasteiger partial charge in [-0.3, -0.25) is 0 Å². The van der Waals surface area contributed by atoms with Gasteiger partial charge in [-0.25, -0.2) is 0 Å². The molecule has 0 spiro atoms. The molecule has 12 heavy (non-hydrogen) atoms. The lowest BCUT2D eigenvalue weighted by atomic mass is 9.94. The molecule has 2 heteroatoms. The minimum Gasteiger partial charge on any atom is -0.329 e. The highest BCUT2D eigenvalue weighted by molar-refractivity contribution is 5.28. The predicted octanol–water partition coefficient (Wildman–Crippen LogP) is 1.06. The molecule has 2 nitrogen and oxygen atoms in total. The van der Waals surface area contributed by atoms with Gasteiger partial charge in [-0.05, 0) is 25.0 Å². The average Bonchev–Trinajstić information content (AvgIpc) is 2.10. The molecule has 1 aliphatic carbocycles. The summed E-state index contributed by atoms with van der Waals surface area (Å²) >= 11 is 0. The van der Waals surface area contributed by atoms with Crippen molar-refractivity contribution in [1.29, 1.82) is 0 Å². The van der Waals surface area contributed by atoms with Gasteiger partial charge in [-0.1, -0.05) is 25.2 Å². The summed E-state index contributed by atoms with van der Waals surface area (Å²) < 4.78 is 0. The van der Waals surface area contributed by atoms with Crippen molar-refractivity contribution in [3.8, 4) is 0 Å². The van der Waals surface area contributed by atoms with Crippen molar-refractivity contribution in [3.05, 3.63) is 23.8 Å². The zero-order valence-corrected chi connectivity index (χ0v) is 7.88. The smallest absolute Gasteiger partial charge is 0.0438 e. The molecule has 0 aromatic carbocycles. The zero-order chi connectivity index (χ0) is 8.97. The van der Waals surface area contributed by atoms with Crippen LogP contribution in [0, 0.1) is 5.92 Å². The van der Waals surface area contributed by atoms with Crippen molar-refractivity contribution in [2.75, 3.05) is 13.6 Å². The van der Waals surface area contributed by atoms with Crippen LogP contribution in [0.25, 0.3) is 0 Å². The third-order valence-electron chi connectivity index (χ3n) is 2.33. The van der Waals surface area contributed by atoms with E-state index in [1.54, 1.807) is 0 Å². The summed E-state index contributed by atoms with van der Waals surface area (Å²) in [6.07, 6.45) is 7.85. The Kier molecular flexibility index (Phi) is 3.50. The molecule has 0 aliphatic heterocycles. The van der Waals surface area contributed by atoms with E-state index in [1.807, 2.05) is 7.05 Å². The Hall–Kier alpha value is -0.600. The summed E-state index contributed by atoms with van der Waals surface area (Å²) in [6.45, 7) is 2.89. The maximum Gasteiger partial charge on any atom is 0.0438 e. The highest BCUT2D eigenvalue weighted by Crippen LogP contribution is 2.17. The van der Waals surface area contributed by atoms with E-state index in [2.05, 4.69) is 30.5 Å². The average molecular weight is 166 g/mol. The number of hydrogen-bond donors (Lipinski definition) is 2. The summed E-state index contributed by atoms with van der Waals surface area (Å²) in [5, 5.41) is 3.19. The molecule has 2 atom stereocenters. The first-order valence-corrected chi connectivity index (χ1v) is 4.53. The van der Waals surface area contributed by atoms with Gasteiger partial charge in [-0.15, -0.1) is 0 Å². The maximum absolute atomic E-state index is 5.61. The van der Waals surface area contributed by atoms with Gasteiger partial charge in [-0.2, -0.15) is 0 Å². The molecule has 0 saturated heterocycles. The lowest BCUT2D eigenvalue weighted by Crippen LogP contribution is -2.35. The fourth-order valence-corrected chi connectivity index (χ4v) is 1.42. The Bertz CT molecular complexity index is 190. The molecule has 0 bridgehead atoms. The number of nitrogens with two attached hydrogens (primary N) is 1. The van der Waals surface area contributed by atoms with Crippen molar-refractivity contribution in [2.24, 2.45) is 11.7 Å². The second-order valence-electron chi connectivity index (χ2n) is 3.35. The normalized spacial score (nSPS) is 25.2. The molecule has 2 unspecified atom stereocenters. The summed E-state index contributed by atoms with van der Waals surface area (Å²) in [7, 11) is 1.95. The minimum absolute atomic E-state index is 0.328. The Labute approximate surface area is 74.5 Å². The first kappa shape index (κ1) is 9.49. The van der Waals surface area contributed by atoms with Gasteiger partial charge >= 0.3 is 0 Å². The molecule has 0 fully saturated rings. The van der Waals surface area contributed by atoms with Gasteiger partial charge in [0.15, 0.2) is 0 Å². The van der Waals surface area contributed by atoms with Crippen LogP contribution in [-0.4, -0.2) is 19.6 Å². The molecule has 0 saturated carbocycles. The van der Waals surface area contributed by atoms with E-state index < -0.39 is 0 Å². The molecular formula is C10H18N2. The van der Waals surface area contributed by atoms with Crippen LogP contribution in [0.5, 0.6) is 0 Å². The Balaban J connectivity index is 2.58. The second-order valence-corrected chi connectivity index (χ2v) is 3.35. The lowest BCUT2D eigenvalue weighted by molar-refractivity contribution is 0.636. The fraction of sp³-hybridized carbons (Fsp3) is 0.600. The van der Waals surface area contributed by atoms with Crippen LogP contribution in [0.2, 0.25) is 0 Å². The fourth-order valence-electron chi connectivity index (χ4n) is 1.42. The van der Waals surface area contributed by atoms with Crippen molar-refractivity contribution in [2.45, 2.75) is 19.4 Å². The SMILES string of the molecule is CNC(CN)C1=CCC(C)C=C1. The van der Waals surface area contributed by atoms with Crippen molar-refractivity contribution >= 4 is 0 Å². The molecule has 3 N–H and O–H groups in total. The number of likely N-dealkylation sites (N-methyl/N-ethyl adjacent to an activating group) is 1. The minimum atomic E-state index is 0.328. The molecule has 1 aliphatic rings. The van der Waals surface area contributed by atoms with Gasteiger partial charge in [0.2, 0.25) is 0 Å². The summed E-state index contributed by atoms with van der Waals surface area (Å²) in [5.41, 5.74) is 6.94. The largest absolute Gasteiger partial charge is 0.329 e. The van der Waals surface area contributed by atoms with Crippen LogP contribution in [-0.2, 0) is 0 Å². The van der Waals surface area contributed by atoms with Crippen LogP contribution in [0.15, 0.2) is 23.8 Å². The molecule has 0 aromatic rings. The summed E-state index contributed by atoms with van der Waals surface area (Å²) in [6, 6.07) is 0.328. The van der Waals surface area contributed by atoms with E-state index in [1.165, 1.54) is 5.57 Å². The second kappa shape index (κ2) is 4.43. The summed E-state index contributed by atoms with van der Waals surface area (Å²) in [4.78, 5) is 0. The first-order valence-electron chi connectivity index (χ1n) is 4.53. The van der Waals surface area contributed by atoms with E-state index >= 15 is 0 Å². The van der Waals surface area contributed by atoms with E-state index in [4.69, 9.17) is 5.73 Å². The van der Waals surface area contributed by atoms with Crippen LogP contribution in [0.1, 0.15) is 13.3 Å². The van der Waals surface area contributed by atoms with Gasteiger partial charge in [0.05, 0.1) is 0 Å². The number of rotatable bonds is 3. The molecule has 0 heterocycles. The molecule has 68 valence electrons. The monoisotopic (exact) mass is 166 g/mol. The Morgan fingerprint density at radius 2 is 2.50 bits per heavy atom. The molecule has 0 radical (unpaired) electrons. The first-order chi connectivity index (χ1) is 5.77. The molecular weight excluding hydrogens is 148 g/mol. The van der Waals surface area contributed by atoms with Crippen LogP contribution in [0.4, 0.5) is 0 Å². The van der Waals surface area contributed by atoms with Crippen molar-refractivity contribution in [3.63, 3.8) is 0 Å². The van der Waals surface area contributed by atoms with Crippen LogP contribution in [0.3, 0.4) is 0 Å². The van der Waals surface area contributed by atoms with Gasteiger partial charge in [0.25, 0.3) is 0 Å². The quantitative estimate of drug-likeness (QED) is 0.658. The number of nitrogens with one attached hydrogen (secondary N) is 1. The molecule has 1 rings (SSSR count). The van der Waals surface area contributed by atoms with Crippen LogP contribution < -0.4 is 11.1 Å². The highest BCUT2D eigenvalue weighted by atomic mass is 14.9. The predicted molar refractivity (Wildman–Crippen MR) is 52.9 cm³/mol. The summed E-state index contributed by atoms with van der Waals surface area (Å²) in [5.74, 6) is 0.684. The maximum atomic E-state index is 5.61. The highest BCUT2D eigenvalue weighted by Gasteiger charge is 2.10. The van der Waals surface area contributed by atoms with Gasteiger partial charge in [0, 0.05) is 12.6 Å². The Morgan fingerprint density at radius 1 is 1.75 bits per heavy atom. The van der Waals surface area contributed by atoms with Crippen LogP contribution >= 0.6 is 0 Å². The van der Waals surface area contributed by atoms with Crippen molar-refractivity contribution in [1.82, 2.24) is 5.32 Å².